The number of phenols is 1. The lowest BCUT2D eigenvalue weighted by molar-refractivity contribution is -0.157. The molecule has 0 aromatic heterocycles. The first-order valence-electron chi connectivity index (χ1n) is 12.1. The molecule has 0 radical (unpaired) electrons. The highest BCUT2D eigenvalue weighted by Crippen LogP contribution is 2.61. The maximum absolute atomic E-state index is 12.6. The Morgan fingerprint density at radius 1 is 1.14 bits per heavy atom. The molecule has 0 unspecified atom stereocenters. The Labute approximate surface area is 175 Å². The average Bonchev–Trinajstić information content (AvgIpc) is 3.34. The van der Waals surface area contributed by atoms with E-state index in [9.17, 15) is 9.90 Å². The number of carbonyl (C=O) groups is 1. The van der Waals surface area contributed by atoms with Crippen LogP contribution in [-0.2, 0) is 16.0 Å². The number of aromatic hydroxyl groups is 1. The van der Waals surface area contributed by atoms with Gasteiger partial charge >= 0.3 is 5.97 Å². The first kappa shape index (κ1) is 19.5. The molecule has 29 heavy (non-hydrogen) atoms. The summed E-state index contributed by atoms with van der Waals surface area (Å²) < 4.78 is 6.14. The predicted molar refractivity (Wildman–Crippen MR) is 114 cm³/mol. The fraction of sp³-hybridized carbons (Fsp3) is 0.731. The van der Waals surface area contributed by atoms with E-state index in [0.29, 0.717) is 29.9 Å². The first-order valence-corrected chi connectivity index (χ1v) is 12.1. The van der Waals surface area contributed by atoms with Gasteiger partial charge in [-0.15, -0.1) is 0 Å². The molecule has 0 spiro atoms. The highest BCUT2D eigenvalue weighted by Gasteiger charge is 2.56. The third kappa shape index (κ3) is 3.49. The van der Waals surface area contributed by atoms with Gasteiger partial charge in [0.05, 0.1) is 0 Å². The number of ether oxygens (including phenoxy) is 1. The third-order valence-corrected chi connectivity index (χ3v) is 9.13. The molecular formula is C26H36O3. The summed E-state index contributed by atoms with van der Waals surface area (Å²) in [6.45, 7) is 2.40. The van der Waals surface area contributed by atoms with Crippen LogP contribution in [0.15, 0.2) is 18.2 Å². The molecule has 4 aliphatic carbocycles. The Hall–Kier alpha value is -1.51. The monoisotopic (exact) mass is 396 g/mol. The van der Waals surface area contributed by atoms with E-state index in [4.69, 9.17) is 4.74 Å². The maximum Gasteiger partial charge on any atom is 0.306 e. The van der Waals surface area contributed by atoms with Crippen molar-refractivity contribution < 1.29 is 14.6 Å². The molecule has 158 valence electrons. The van der Waals surface area contributed by atoms with Gasteiger partial charge in [0, 0.05) is 11.8 Å². The molecule has 0 bridgehead atoms. The van der Waals surface area contributed by atoms with Crippen molar-refractivity contribution in [2.24, 2.45) is 23.2 Å². The van der Waals surface area contributed by atoms with Gasteiger partial charge in [-0.2, -0.15) is 0 Å². The van der Waals surface area contributed by atoms with Crippen LogP contribution in [0.2, 0.25) is 0 Å². The van der Waals surface area contributed by atoms with Gasteiger partial charge in [-0.1, -0.05) is 38.7 Å². The van der Waals surface area contributed by atoms with Crippen LogP contribution >= 0.6 is 0 Å². The number of rotatable bonds is 4. The summed E-state index contributed by atoms with van der Waals surface area (Å²) in [6.07, 6.45) is 13.9. The van der Waals surface area contributed by atoms with Crippen LogP contribution in [-0.4, -0.2) is 17.2 Å². The van der Waals surface area contributed by atoms with Crippen LogP contribution in [0.25, 0.3) is 0 Å². The SMILES string of the molecule is C[C@]12CC[C@@H]3c4ccc(O)cc4CC[C@H]3[C@@H]1CC[C@H]2OC(=O)CCC1CCCC1. The van der Waals surface area contributed by atoms with E-state index in [-0.39, 0.29) is 17.5 Å². The summed E-state index contributed by atoms with van der Waals surface area (Å²) >= 11 is 0. The Bertz CT molecular complexity index is 765. The summed E-state index contributed by atoms with van der Waals surface area (Å²) in [4.78, 5) is 12.6. The van der Waals surface area contributed by atoms with Gasteiger partial charge < -0.3 is 9.84 Å². The molecule has 0 aliphatic heterocycles. The van der Waals surface area contributed by atoms with Crippen LogP contribution in [0.3, 0.4) is 0 Å². The van der Waals surface area contributed by atoms with Gasteiger partial charge in [-0.25, -0.2) is 0 Å². The fourth-order valence-electron chi connectivity index (χ4n) is 7.55. The zero-order valence-corrected chi connectivity index (χ0v) is 17.9. The number of esters is 1. The minimum atomic E-state index is 0.0513. The number of hydrogen-bond acceptors (Lipinski definition) is 3. The normalized spacial score (nSPS) is 36.3. The number of carbonyl (C=O) groups excluding carboxylic acids is 1. The summed E-state index contributed by atoms with van der Waals surface area (Å²) in [5, 5.41) is 9.86. The van der Waals surface area contributed by atoms with Crippen molar-refractivity contribution in [3.63, 3.8) is 0 Å². The van der Waals surface area contributed by atoms with E-state index < -0.39 is 0 Å². The van der Waals surface area contributed by atoms with E-state index >= 15 is 0 Å². The van der Waals surface area contributed by atoms with Crippen LogP contribution < -0.4 is 0 Å². The Morgan fingerprint density at radius 2 is 1.97 bits per heavy atom. The smallest absolute Gasteiger partial charge is 0.306 e. The molecule has 0 heterocycles. The van der Waals surface area contributed by atoms with Crippen molar-refractivity contribution in [3.05, 3.63) is 29.3 Å². The molecule has 1 N–H and O–H groups in total. The minimum Gasteiger partial charge on any atom is -0.508 e. The van der Waals surface area contributed by atoms with Crippen LogP contribution in [0.5, 0.6) is 5.75 Å². The Morgan fingerprint density at radius 3 is 2.79 bits per heavy atom. The van der Waals surface area contributed by atoms with Crippen molar-refractivity contribution in [2.75, 3.05) is 0 Å². The zero-order chi connectivity index (χ0) is 20.0. The Balaban J connectivity index is 1.25. The van der Waals surface area contributed by atoms with Gasteiger partial charge in [0.1, 0.15) is 11.9 Å². The number of phenolic OH excluding ortho intramolecular Hbond substituents is 1. The second-order valence-corrected chi connectivity index (χ2v) is 10.6. The largest absolute Gasteiger partial charge is 0.508 e. The summed E-state index contributed by atoms with van der Waals surface area (Å²) in [6, 6.07) is 6.00. The van der Waals surface area contributed by atoms with Gasteiger partial charge in [0.15, 0.2) is 0 Å². The number of aryl methyl sites for hydroxylation is 1. The Kier molecular flexibility index (Phi) is 5.12. The highest BCUT2D eigenvalue weighted by molar-refractivity contribution is 5.69. The van der Waals surface area contributed by atoms with E-state index in [0.717, 1.165) is 31.6 Å². The molecule has 3 nitrogen and oxygen atoms in total. The molecule has 1 aromatic carbocycles. The number of benzene rings is 1. The lowest BCUT2D eigenvalue weighted by atomic mass is 9.55. The molecule has 3 heteroatoms. The number of fused-ring (bicyclic) bond motifs is 5. The second-order valence-electron chi connectivity index (χ2n) is 10.6. The molecule has 3 fully saturated rings. The van der Waals surface area contributed by atoms with Gasteiger partial charge in [-0.05, 0) is 91.9 Å². The summed E-state index contributed by atoms with van der Waals surface area (Å²) in [5.74, 6) is 3.19. The van der Waals surface area contributed by atoms with Gasteiger partial charge in [-0.3, -0.25) is 4.79 Å². The van der Waals surface area contributed by atoms with Crippen LogP contribution in [0, 0.1) is 23.2 Å². The molecule has 0 saturated heterocycles. The second kappa shape index (κ2) is 7.63. The van der Waals surface area contributed by atoms with Crippen molar-refractivity contribution in [3.8, 4) is 5.75 Å². The molecule has 0 amide bonds. The van der Waals surface area contributed by atoms with E-state index in [1.54, 1.807) is 0 Å². The summed E-state index contributed by atoms with van der Waals surface area (Å²) in [7, 11) is 0. The van der Waals surface area contributed by atoms with Crippen molar-refractivity contribution in [1.82, 2.24) is 0 Å². The molecule has 5 rings (SSSR count). The van der Waals surface area contributed by atoms with Crippen LogP contribution in [0.1, 0.15) is 94.6 Å². The van der Waals surface area contributed by atoms with E-state index in [1.807, 2.05) is 12.1 Å². The molecule has 4 aliphatic rings. The van der Waals surface area contributed by atoms with Crippen molar-refractivity contribution in [1.29, 1.82) is 0 Å². The van der Waals surface area contributed by atoms with Crippen molar-refractivity contribution >= 4 is 5.97 Å². The number of hydrogen-bond donors (Lipinski definition) is 1. The lowest BCUT2D eigenvalue weighted by Gasteiger charge is -2.50. The third-order valence-electron chi connectivity index (χ3n) is 9.13. The predicted octanol–water partition coefficient (Wildman–Crippen LogP) is 6.13. The van der Waals surface area contributed by atoms with E-state index in [1.165, 1.54) is 56.1 Å². The first-order chi connectivity index (χ1) is 14.0. The van der Waals surface area contributed by atoms with Crippen LogP contribution in [0.4, 0.5) is 0 Å². The van der Waals surface area contributed by atoms with Gasteiger partial charge in [0.2, 0.25) is 0 Å². The molecule has 5 atom stereocenters. The fourth-order valence-corrected chi connectivity index (χ4v) is 7.55. The highest BCUT2D eigenvalue weighted by atomic mass is 16.5. The molecule has 1 aromatic rings. The summed E-state index contributed by atoms with van der Waals surface area (Å²) in [5.41, 5.74) is 2.97. The van der Waals surface area contributed by atoms with Crippen molar-refractivity contribution in [2.45, 2.75) is 96.0 Å². The topological polar surface area (TPSA) is 46.5 Å². The quantitative estimate of drug-likeness (QED) is 0.623. The molecule has 3 saturated carbocycles. The lowest BCUT2D eigenvalue weighted by Crippen LogP contribution is -2.45. The standard InChI is InChI=1S/C26H36O3/c1-26-15-14-21-20-10-8-19(27)16-18(20)7-9-22(21)23(26)11-12-24(26)29-25(28)13-6-17-4-2-3-5-17/h8,10,16-17,21-24,27H,2-7,9,11-15H2,1H3/t21-,22-,23+,24-,26+/m1/s1. The maximum atomic E-state index is 12.6. The zero-order valence-electron chi connectivity index (χ0n) is 17.9. The minimum absolute atomic E-state index is 0.0513. The average molecular weight is 397 g/mol. The molecular weight excluding hydrogens is 360 g/mol. The van der Waals surface area contributed by atoms with E-state index in [2.05, 4.69) is 13.0 Å². The van der Waals surface area contributed by atoms with Gasteiger partial charge in [0.25, 0.3) is 0 Å².